The second-order valence-corrected chi connectivity index (χ2v) is 2.58. The van der Waals surface area contributed by atoms with Crippen LogP contribution in [0.3, 0.4) is 0 Å². The van der Waals surface area contributed by atoms with E-state index in [0.29, 0.717) is 5.02 Å². The molecule has 0 aliphatic rings. The minimum absolute atomic E-state index is 0.0620. The first-order valence-corrected chi connectivity index (χ1v) is 3.73. The number of hydrogen-bond donors (Lipinski definition) is 1. The molecule has 0 saturated carbocycles. The lowest BCUT2D eigenvalue weighted by molar-refractivity contribution is 0.615. The molecule has 0 aliphatic carbocycles. The van der Waals surface area contributed by atoms with Crippen molar-refractivity contribution in [1.29, 1.82) is 0 Å². The van der Waals surface area contributed by atoms with Gasteiger partial charge in [-0.15, -0.1) is 0 Å². The van der Waals surface area contributed by atoms with Gasteiger partial charge in [-0.3, -0.25) is 0 Å². The quantitative estimate of drug-likeness (QED) is 0.663. The van der Waals surface area contributed by atoms with Gasteiger partial charge in [0, 0.05) is 5.02 Å². The SMILES string of the molecule is OBC=Cc1cccc(Cl)c1. The van der Waals surface area contributed by atoms with Gasteiger partial charge in [0.25, 0.3) is 7.48 Å². The Morgan fingerprint density at radius 1 is 1.45 bits per heavy atom. The molecule has 56 valence electrons. The van der Waals surface area contributed by atoms with Crippen LogP contribution in [0.2, 0.25) is 5.02 Å². The molecule has 0 spiro atoms. The molecule has 0 unspecified atom stereocenters. The smallest absolute Gasteiger partial charge is 0.297 e. The van der Waals surface area contributed by atoms with E-state index in [1.54, 1.807) is 5.98 Å². The predicted octanol–water partition coefficient (Wildman–Crippen LogP) is 1.65. The second kappa shape index (κ2) is 4.22. The third-order valence-electron chi connectivity index (χ3n) is 1.26. The molecule has 0 aliphatic heterocycles. The Morgan fingerprint density at radius 3 is 2.91 bits per heavy atom. The predicted molar refractivity (Wildman–Crippen MR) is 49.9 cm³/mol. The van der Waals surface area contributed by atoms with Gasteiger partial charge in [0.1, 0.15) is 0 Å². The highest BCUT2D eigenvalue weighted by Crippen LogP contribution is 2.11. The Morgan fingerprint density at radius 2 is 2.27 bits per heavy atom. The first-order valence-electron chi connectivity index (χ1n) is 3.36. The Hall–Kier alpha value is -0.725. The summed E-state index contributed by atoms with van der Waals surface area (Å²) in [6.07, 6.45) is 1.83. The van der Waals surface area contributed by atoms with Crippen LogP contribution in [0, 0.1) is 0 Å². The molecule has 11 heavy (non-hydrogen) atoms. The summed E-state index contributed by atoms with van der Waals surface area (Å²) in [7, 11) is 0.0620. The minimum atomic E-state index is 0.0620. The molecule has 1 N–H and O–H groups in total. The van der Waals surface area contributed by atoms with Crippen LogP contribution in [0.4, 0.5) is 0 Å². The third-order valence-corrected chi connectivity index (χ3v) is 1.50. The Labute approximate surface area is 71.6 Å². The summed E-state index contributed by atoms with van der Waals surface area (Å²) in [5.41, 5.74) is 1.01. The van der Waals surface area contributed by atoms with Crippen molar-refractivity contribution in [3.63, 3.8) is 0 Å². The standard InChI is InChI=1S/C8H8BClO/c10-8-3-1-2-7(6-8)4-5-9-11/h1-6,9,11H. The van der Waals surface area contributed by atoms with Gasteiger partial charge < -0.3 is 5.02 Å². The second-order valence-electron chi connectivity index (χ2n) is 2.14. The lowest BCUT2D eigenvalue weighted by Crippen LogP contribution is -1.77. The Kier molecular flexibility index (Phi) is 3.21. The van der Waals surface area contributed by atoms with Crippen LogP contribution in [0.5, 0.6) is 0 Å². The zero-order valence-electron chi connectivity index (χ0n) is 6.00. The van der Waals surface area contributed by atoms with Gasteiger partial charge in [-0.25, -0.2) is 0 Å². The molecule has 1 aromatic rings. The summed E-state index contributed by atoms with van der Waals surface area (Å²) in [6.45, 7) is 0. The number of halogens is 1. The normalized spacial score (nSPS) is 10.4. The van der Waals surface area contributed by atoms with E-state index in [1.807, 2.05) is 30.3 Å². The van der Waals surface area contributed by atoms with Crippen molar-refractivity contribution >= 4 is 25.2 Å². The molecule has 1 rings (SSSR count). The van der Waals surface area contributed by atoms with Gasteiger partial charge in [-0.05, 0) is 17.7 Å². The molecular weight excluding hydrogens is 158 g/mol. The topological polar surface area (TPSA) is 20.2 Å². The highest BCUT2D eigenvalue weighted by Gasteiger charge is 1.87. The van der Waals surface area contributed by atoms with Crippen LogP contribution in [0.15, 0.2) is 30.2 Å². The van der Waals surface area contributed by atoms with Crippen LogP contribution in [-0.2, 0) is 0 Å². The molecule has 1 nitrogen and oxygen atoms in total. The first-order chi connectivity index (χ1) is 5.33. The number of benzene rings is 1. The lowest BCUT2D eigenvalue weighted by atomic mass is 10.0. The first kappa shape index (κ1) is 8.37. The van der Waals surface area contributed by atoms with Crippen molar-refractivity contribution in [2.75, 3.05) is 0 Å². The van der Waals surface area contributed by atoms with Crippen molar-refractivity contribution in [2.24, 2.45) is 0 Å². The maximum Gasteiger partial charge on any atom is 0.297 e. The van der Waals surface area contributed by atoms with E-state index >= 15 is 0 Å². The van der Waals surface area contributed by atoms with Gasteiger partial charge in [0.15, 0.2) is 0 Å². The maximum atomic E-state index is 8.48. The van der Waals surface area contributed by atoms with Gasteiger partial charge in [-0.2, -0.15) is 0 Å². The highest BCUT2D eigenvalue weighted by atomic mass is 35.5. The summed E-state index contributed by atoms with van der Waals surface area (Å²) in [4.78, 5) is 0. The van der Waals surface area contributed by atoms with E-state index in [2.05, 4.69) is 0 Å². The third kappa shape index (κ3) is 2.79. The van der Waals surface area contributed by atoms with Crippen molar-refractivity contribution in [1.82, 2.24) is 0 Å². The summed E-state index contributed by atoms with van der Waals surface area (Å²) < 4.78 is 0. The van der Waals surface area contributed by atoms with Gasteiger partial charge in [0.2, 0.25) is 0 Å². The molecule has 0 atom stereocenters. The van der Waals surface area contributed by atoms with Crippen molar-refractivity contribution in [2.45, 2.75) is 0 Å². The van der Waals surface area contributed by atoms with Gasteiger partial charge in [-0.1, -0.05) is 35.8 Å². The monoisotopic (exact) mass is 166 g/mol. The summed E-state index contributed by atoms with van der Waals surface area (Å²) in [6, 6.07) is 7.46. The zero-order chi connectivity index (χ0) is 8.10. The van der Waals surface area contributed by atoms with Crippen molar-refractivity contribution < 1.29 is 5.02 Å². The zero-order valence-corrected chi connectivity index (χ0v) is 6.75. The van der Waals surface area contributed by atoms with Crippen LogP contribution >= 0.6 is 11.6 Å². The molecule has 0 amide bonds. The maximum absolute atomic E-state index is 8.48. The Bertz CT molecular complexity index is 260. The summed E-state index contributed by atoms with van der Waals surface area (Å²) >= 11 is 5.73. The van der Waals surface area contributed by atoms with Crippen LogP contribution in [-0.4, -0.2) is 12.5 Å². The Balaban J connectivity index is 2.79. The molecule has 0 saturated heterocycles. The van der Waals surface area contributed by atoms with E-state index in [9.17, 15) is 0 Å². The fourth-order valence-corrected chi connectivity index (χ4v) is 0.998. The summed E-state index contributed by atoms with van der Waals surface area (Å²) in [5, 5.41) is 9.19. The fraction of sp³-hybridized carbons (Fsp3) is 0. The minimum Gasteiger partial charge on any atom is -0.450 e. The van der Waals surface area contributed by atoms with E-state index in [4.69, 9.17) is 16.6 Å². The molecule has 0 radical (unpaired) electrons. The molecule has 3 heteroatoms. The van der Waals surface area contributed by atoms with Gasteiger partial charge in [0.05, 0.1) is 0 Å². The molecule has 0 heterocycles. The fourth-order valence-electron chi connectivity index (χ4n) is 0.799. The van der Waals surface area contributed by atoms with E-state index < -0.39 is 0 Å². The molecule has 1 aromatic carbocycles. The van der Waals surface area contributed by atoms with Crippen molar-refractivity contribution in [3.8, 4) is 0 Å². The molecule has 0 bridgehead atoms. The van der Waals surface area contributed by atoms with Crippen molar-refractivity contribution in [3.05, 3.63) is 40.8 Å². The van der Waals surface area contributed by atoms with E-state index in [1.165, 1.54) is 0 Å². The average Bonchev–Trinajstić information content (AvgIpc) is 2.01. The lowest BCUT2D eigenvalue weighted by Gasteiger charge is -1.92. The number of hydrogen-bond acceptors (Lipinski definition) is 1. The van der Waals surface area contributed by atoms with Crippen LogP contribution < -0.4 is 0 Å². The molecule has 0 fully saturated rings. The summed E-state index contributed by atoms with van der Waals surface area (Å²) in [5.74, 6) is 1.67. The van der Waals surface area contributed by atoms with Gasteiger partial charge >= 0.3 is 0 Å². The molecule has 0 aromatic heterocycles. The van der Waals surface area contributed by atoms with Crippen LogP contribution in [0.1, 0.15) is 5.56 Å². The van der Waals surface area contributed by atoms with Crippen LogP contribution in [0.25, 0.3) is 6.08 Å². The highest BCUT2D eigenvalue weighted by molar-refractivity contribution is 6.34. The van der Waals surface area contributed by atoms with E-state index in [-0.39, 0.29) is 7.48 Å². The largest absolute Gasteiger partial charge is 0.450 e. The molecular formula is C8H8BClO. The average molecular weight is 166 g/mol. The van der Waals surface area contributed by atoms with E-state index in [0.717, 1.165) is 5.56 Å². The number of rotatable bonds is 2.